The predicted molar refractivity (Wildman–Crippen MR) is 117 cm³/mol. The lowest BCUT2D eigenvalue weighted by Crippen LogP contribution is -2.24. The lowest BCUT2D eigenvalue weighted by Gasteiger charge is -2.36. The Morgan fingerprint density at radius 1 is 0.760 bits per heavy atom. The van der Waals surface area contributed by atoms with Gasteiger partial charge >= 0.3 is 0 Å². The highest BCUT2D eigenvalue weighted by molar-refractivity contribution is 4.92. The number of hydrogen-bond donors (Lipinski definition) is 0. The van der Waals surface area contributed by atoms with Gasteiger partial charge in [0.2, 0.25) is 0 Å². The summed E-state index contributed by atoms with van der Waals surface area (Å²) in [7, 11) is 0. The van der Waals surface area contributed by atoms with Gasteiger partial charge in [0.05, 0.1) is 0 Å². The maximum atomic E-state index is 2.56. The van der Waals surface area contributed by atoms with E-state index in [0.717, 1.165) is 29.6 Å². The van der Waals surface area contributed by atoms with Crippen molar-refractivity contribution in [1.29, 1.82) is 0 Å². The molecule has 25 heavy (non-hydrogen) atoms. The van der Waals surface area contributed by atoms with Gasteiger partial charge in [-0.15, -0.1) is 0 Å². The molecule has 0 heteroatoms. The second-order valence-electron chi connectivity index (χ2n) is 8.45. The van der Waals surface area contributed by atoms with Crippen molar-refractivity contribution < 1.29 is 0 Å². The zero-order valence-corrected chi connectivity index (χ0v) is 18.8. The molecule has 0 aliphatic heterocycles. The Labute approximate surface area is 161 Å². The molecule has 0 aromatic carbocycles. The van der Waals surface area contributed by atoms with Gasteiger partial charge < -0.3 is 0 Å². The summed E-state index contributed by atoms with van der Waals surface area (Å²) in [5.74, 6) is 4.93. The van der Waals surface area contributed by atoms with Gasteiger partial charge in [-0.25, -0.2) is 0 Å². The molecule has 0 unspecified atom stereocenters. The van der Waals surface area contributed by atoms with E-state index in [1.807, 2.05) is 27.7 Å². The van der Waals surface area contributed by atoms with Crippen LogP contribution in [0, 0.1) is 29.6 Å². The van der Waals surface area contributed by atoms with Crippen LogP contribution in [0.2, 0.25) is 0 Å². The Balaban J connectivity index is 0.00000134. The third kappa shape index (κ3) is 11.1. The minimum absolute atomic E-state index is 0.868. The largest absolute Gasteiger partial charge is 0.0883 e. The van der Waals surface area contributed by atoms with E-state index in [-0.39, 0.29) is 0 Å². The van der Waals surface area contributed by atoms with Crippen LogP contribution in [0.25, 0.3) is 0 Å². The van der Waals surface area contributed by atoms with Crippen LogP contribution in [-0.4, -0.2) is 0 Å². The third-order valence-corrected chi connectivity index (χ3v) is 6.10. The zero-order valence-electron chi connectivity index (χ0n) is 18.8. The molecule has 0 saturated heterocycles. The molecule has 2 fully saturated rings. The van der Waals surface area contributed by atoms with Gasteiger partial charge in [0.1, 0.15) is 0 Å². The molecular weight excluding hydrogens is 300 g/mol. The van der Waals surface area contributed by atoms with Crippen molar-refractivity contribution in [2.24, 2.45) is 29.6 Å². The van der Waals surface area contributed by atoms with Gasteiger partial charge in [0, 0.05) is 0 Å². The third-order valence-electron chi connectivity index (χ3n) is 6.10. The molecule has 0 N–H and O–H groups in total. The Bertz CT molecular complexity index is 285. The summed E-state index contributed by atoms with van der Waals surface area (Å²) in [5.41, 5.74) is 0. The average Bonchev–Trinajstić information content (AvgIpc) is 2.66. The van der Waals surface area contributed by atoms with E-state index in [2.05, 4.69) is 32.9 Å². The zero-order chi connectivity index (χ0) is 19.1. The molecule has 0 aromatic rings. The fourth-order valence-electron chi connectivity index (χ4n) is 4.50. The molecule has 0 heterocycles. The highest BCUT2D eigenvalue weighted by Crippen LogP contribution is 2.41. The fourth-order valence-corrected chi connectivity index (χ4v) is 4.50. The van der Waals surface area contributed by atoms with Gasteiger partial charge in [0.15, 0.2) is 0 Å². The Kier molecular flexibility index (Phi) is 15.8. The van der Waals surface area contributed by atoms with E-state index in [9.17, 15) is 0 Å². The SMILES string of the molecule is CC.CC.CC(C)CCCC=CC1CCC(C2CCC(C)CC2)CC1. The van der Waals surface area contributed by atoms with Crippen molar-refractivity contribution >= 4 is 0 Å². The van der Waals surface area contributed by atoms with Gasteiger partial charge in [0.25, 0.3) is 0 Å². The Morgan fingerprint density at radius 2 is 1.24 bits per heavy atom. The second-order valence-corrected chi connectivity index (χ2v) is 8.45. The maximum absolute atomic E-state index is 2.56. The van der Waals surface area contributed by atoms with E-state index in [0.29, 0.717) is 0 Å². The summed E-state index contributed by atoms with van der Waals surface area (Å²) in [6, 6.07) is 0. The van der Waals surface area contributed by atoms with Crippen molar-refractivity contribution in [2.75, 3.05) is 0 Å². The first kappa shape index (κ1) is 24.7. The second kappa shape index (κ2) is 16.0. The first-order valence-electron chi connectivity index (χ1n) is 11.8. The maximum Gasteiger partial charge on any atom is -0.0233 e. The topological polar surface area (TPSA) is 0 Å². The van der Waals surface area contributed by atoms with Crippen LogP contribution in [0.5, 0.6) is 0 Å². The first-order chi connectivity index (χ1) is 12.1. The smallest absolute Gasteiger partial charge is 0.0233 e. The summed E-state index contributed by atoms with van der Waals surface area (Å²) >= 11 is 0. The van der Waals surface area contributed by atoms with Crippen LogP contribution >= 0.6 is 0 Å². The van der Waals surface area contributed by atoms with Crippen molar-refractivity contribution in [3.05, 3.63) is 12.2 Å². The van der Waals surface area contributed by atoms with E-state index >= 15 is 0 Å². The van der Waals surface area contributed by atoms with Crippen molar-refractivity contribution in [1.82, 2.24) is 0 Å². The van der Waals surface area contributed by atoms with Gasteiger partial charge in [-0.05, 0) is 81.0 Å². The summed E-state index contributed by atoms with van der Waals surface area (Å²) < 4.78 is 0. The minimum atomic E-state index is 0.868. The van der Waals surface area contributed by atoms with Gasteiger partial charge in [-0.3, -0.25) is 0 Å². The van der Waals surface area contributed by atoms with E-state index in [1.54, 1.807) is 0 Å². The van der Waals surface area contributed by atoms with Crippen LogP contribution in [0.1, 0.15) is 119 Å². The molecule has 0 radical (unpaired) electrons. The molecule has 0 bridgehead atoms. The molecule has 0 aromatic heterocycles. The van der Waals surface area contributed by atoms with Crippen LogP contribution in [0.3, 0.4) is 0 Å². The predicted octanol–water partition coefficient (Wildman–Crippen LogP) is 9.05. The van der Waals surface area contributed by atoms with Gasteiger partial charge in [-0.1, -0.05) is 79.9 Å². The van der Waals surface area contributed by atoms with Crippen LogP contribution in [0.4, 0.5) is 0 Å². The summed E-state index contributed by atoms with van der Waals surface area (Å²) in [4.78, 5) is 0. The number of rotatable bonds is 6. The van der Waals surface area contributed by atoms with E-state index < -0.39 is 0 Å². The molecule has 2 aliphatic carbocycles. The van der Waals surface area contributed by atoms with E-state index in [1.165, 1.54) is 70.6 Å². The average molecular weight is 351 g/mol. The lowest BCUT2D eigenvalue weighted by atomic mass is 9.69. The lowest BCUT2D eigenvalue weighted by molar-refractivity contribution is 0.160. The van der Waals surface area contributed by atoms with Crippen LogP contribution < -0.4 is 0 Å². The number of unbranched alkanes of at least 4 members (excludes halogenated alkanes) is 1. The van der Waals surface area contributed by atoms with Crippen molar-refractivity contribution in [3.8, 4) is 0 Å². The van der Waals surface area contributed by atoms with E-state index in [4.69, 9.17) is 0 Å². The van der Waals surface area contributed by atoms with Crippen molar-refractivity contribution in [2.45, 2.75) is 119 Å². The molecule has 0 spiro atoms. The highest BCUT2D eigenvalue weighted by Gasteiger charge is 2.29. The monoisotopic (exact) mass is 350 g/mol. The standard InChI is InChI=1S/C21H38.2C2H6/c1-17(2)7-5-4-6-8-19-11-15-21(16-12-19)20-13-9-18(3)10-14-20;2*1-2/h6,8,17-21H,4-5,7,9-16H2,1-3H3;2*1-2H3. The molecule has 150 valence electrons. The van der Waals surface area contributed by atoms with Crippen LogP contribution in [0.15, 0.2) is 12.2 Å². The molecule has 2 aliphatic rings. The Morgan fingerprint density at radius 3 is 1.72 bits per heavy atom. The summed E-state index contributed by atoms with van der Waals surface area (Å²) in [6.07, 6.45) is 21.1. The van der Waals surface area contributed by atoms with Crippen LogP contribution in [-0.2, 0) is 0 Å². The normalized spacial score (nSPS) is 29.6. The first-order valence-corrected chi connectivity index (χ1v) is 11.8. The quantitative estimate of drug-likeness (QED) is 0.331. The summed E-state index contributed by atoms with van der Waals surface area (Å²) in [5, 5.41) is 0. The molecule has 0 amide bonds. The molecule has 0 atom stereocenters. The molecule has 0 nitrogen and oxygen atoms in total. The van der Waals surface area contributed by atoms with Crippen molar-refractivity contribution in [3.63, 3.8) is 0 Å². The molecular formula is C25H50. The summed E-state index contributed by atoms with van der Waals surface area (Å²) in [6.45, 7) is 15.1. The highest BCUT2D eigenvalue weighted by atomic mass is 14.3. The number of hydrogen-bond acceptors (Lipinski definition) is 0. The minimum Gasteiger partial charge on any atom is -0.0883 e. The van der Waals surface area contributed by atoms with Gasteiger partial charge in [-0.2, -0.15) is 0 Å². The fraction of sp³-hybridized carbons (Fsp3) is 0.920. The molecule has 2 rings (SSSR count). The molecule has 2 saturated carbocycles. The number of allylic oxidation sites excluding steroid dienone is 2. The Hall–Kier alpha value is -0.260.